The van der Waals surface area contributed by atoms with E-state index in [9.17, 15) is 27.2 Å². The van der Waals surface area contributed by atoms with Gasteiger partial charge in [0.25, 0.3) is 0 Å². The molecule has 1 radical (unpaired) electrons. The van der Waals surface area contributed by atoms with Gasteiger partial charge in [0.15, 0.2) is 0 Å². The number of halogens is 6. The van der Waals surface area contributed by atoms with Crippen LogP contribution in [0.2, 0.25) is 0 Å². The first-order valence-corrected chi connectivity index (χ1v) is 4.08. The van der Waals surface area contributed by atoms with Crippen molar-refractivity contribution in [3.05, 3.63) is 0 Å². The molecule has 0 aliphatic carbocycles. The summed E-state index contributed by atoms with van der Waals surface area (Å²) in [6, 6.07) is 0. The molecule has 0 aromatic rings. The van der Waals surface area contributed by atoms with Gasteiger partial charge >= 0.3 is 21.6 Å². The fraction of sp³-hybridized carbons (Fsp3) is 0.500. The second kappa shape index (κ2) is 7.42. The molecule has 0 saturated carbocycles. The summed E-state index contributed by atoms with van der Waals surface area (Å²) >= 11 is 3.22. The Morgan fingerprint density at radius 3 is 0.933 bits per heavy atom. The first kappa shape index (κ1) is 20.5. The Morgan fingerprint density at radius 1 is 0.867 bits per heavy atom. The zero-order valence-corrected chi connectivity index (χ0v) is 10.4. The van der Waals surface area contributed by atoms with Crippen LogP contribution >= 0.6 is 31.9 Å². The van der Waals surface area contributed by atoms with E-state index in [1.165, 1.54) is 0 Å². The molecular formula is C4H2Br2CuF4O4. The van der Waals surface area contributed by atoms with Crippen molar-refractivity contribution in [2.75, 3.05) is 0 Å². The van der Waals surface area contributed by atoms with Crippen molar-refractivity contribution in [3.8, 4) is 0 Å². The number of carbonyl (C=O) groups is 2. The number of hydrogen-bond donors (Lipinski definition) is 2. The minimum absolute atomic E-state index is 0. The topological polar surface area (TPSA) is 74.6 Å². The predicted octanol–water partition coefficient (Wildman–Crippen LogP) is 2.11. The van der Waals surface area contributed by atoms with Crippen molar-refractivity contribution in [3.63, 3.8) is 0 Å². The summed E-state index contributed by atoms with van der Waals surface area (Å²) in [5, 5.41) is 14.9. The molecule has 11 heteroatoms. The zero-order chi connectivity index (χ0) is 12.2. The first-order chi connectivity index (χ1) is 5.89. The van der Waals surface area contributed by atoms with Gasteiger partial charge in [0.05, 0.1) is 0 Å². The molecule has 0 unspecified atom stereocenters. The molecule has 0 saturated heterocycles. The molecule has 0 fully saturated rings. The summed E-state index contributed by atoms with van der Waals surface area (Å²) in [4.78, 5) is 10.9. The molecular weight excluding hydrogens is 411 g/mol. The maximum absolute atomic E-state index is 11.2. The number of carboxylic acid groups (broad SMARTS) is 2. The van der Waals surface area contributed by atoms with Gasteiger partial charge in [-0.3, -0.25) is 0 Å². The monoisotopic (exact) mass is 411 g/mol. The quantitative estimate of drug-likeness (QED) is 0.413. The summed E-state index contributed by atoms with van der Waals surface area (Å²) in [7, 11) is 0. The van der Waals surface area contributed by atoms with E-state index >= 15 is 0 Å². The van der Waals surface area contributed by atoms with Crippen molar-refractivity contribution in [2.45, 2.75) is 9.66 Å². The molecule has 0 aromatic heterocycles. The third-order valence-electron chi connectivity index (χ3n) is 0.485. The maximum atomic E-state index is 11.2. The fourth-order valence-electron chi connectivity index (χ4n) is 0. The second-order valence-electron chi connectivity index (χ2n) is 1.61. The van der Waals surface area contributed by atoms with Crippen LogP contribution in [-0.4, -0.2) is 31.8 Å². The summed E-state index contributed by atoms with van der Waals surface area (Å²) in [5.74, 6) is -4.35. The Kier molecular flexibility index (Phi) is 10.2. The number of hydrogen-bond acceptors (Lipinski definition) is 2. The number of rotatable bonds is 2. The van der Waals surface area contributed by atoms with Gasteiger partial charge in [-0.1, -0.05) is 0 Å². The average molecular weight is 413 g/mol. The molecule has 0 aliphatic heterocycles. The maximum Gasteiger partial charge on any atom is 0.395 e. The normalized spacial score (nSPS) is 10.5. The van der Waals surface area contributed by atoms with Crippen molar-refractivity contribution in [1.29, 1.82) is 0 Å². The van der Waals surface area contributed by atoms with Crippen LogP contribution in [0.1, 0.15) is 0 Å². The van der Waals surface area contributed by atoms with Crippen LogP contribution in [0.15, 0.2) is 0 Å². The van der Waals surface area contributed by atoms with Crippen LogP contribution in [-0.2, 0) is 26.7 Å². The van der Waals surface area contributed by atoms with Crippen molar-refractivity contribution in [1.82, 2.24) is 0 Å². The molecule has 0 bridgehead atoms. The SMILES string of the molecule is O=C(O)C(F)(F)Br.O=C(O)C(F)(F)Br.[Cu]. The Labute approximate surface area is 108 Å². The third-order valence-corrected chi connectivity index (χ3v) is 1.16. The Morgan fingerprint density at radius 2 is 0.933 bits per heavy atom. The van der Waals surface area contributed by atoms with E-state index in [-0.39, 0.29) is 17.1 Å². The minimum Gasteiger partial charge on any atom is -0.476 e. The van der Waals surface area contributed by atoms with Crippen LogP contribution in [0.5, 0.6) is 0 Å². The number of alkyl halides is 6. The molecule has 4 nitrogen and oxygen atoms in total. The van der Waals surface area contributed by atoms with Gasteiger partial charge in [0.2, 0.25) is 0 Å². The number of carboxylic acids is 2. The standard InChI is InChI=1S/2C2HBrF2O2.Cu/c2*3-2(4,5)1(6)7;/h2*(H,6,7);. The predicted molar refractivity (Wildman–Crippen MR) is 43.0 cm³/mol. The minimum atomic E-state index is -3.77. The van der Waals surface area contributed by atoms with E-state index in [1.54, 1.807) is 31.9 Å². The Bertz CT molecular complexity index is 202. The fourth-order valence-corrected chi connectivity index (χ4v) is 0. The smallest absolute Gasteiger partial charge is 0.395 e. The van der Waals surface area contributed by atoms with Gasteiger partial charge in [-0.15, -0.1) is 0 Å². The third kappa shape index (κ3) is 14.1. The molecule has 2 N–H and O–H groups in total. The molecule has 0 spiro atoms. The van der Waals surface area contributed by atoms with E-state index < -0.39 is 21.6 Å². The Balaban J connectivity index is -0.000000180. The van der Waals surface area contributed by atoms with Crippen LogP contribution in [0.4, 0.5) is 17.6 Å². The summed E-state index contributed by atoms with van der Waals surface area (Å²) in [6.45, 7) is 0. The molecule has 15 heavy (non-hydrogen) atoms. The average Bonchev–Trinajstić information content (AvgIpc) is 1.83. The second-order valence-corrected chi connectivity index (χ2v) is 3.60. The molecule has 0 rings (SSSR count). The largest absolute Gasteiger partial charge is 0.476 e. The Hall–Kier alpha value is 0.139. The van der Waals surface area contributed by atoms with Gasteiger partial charge in [0, 0.05) is 48.9 Å². The van der Waals surface area contributed by atoms with Crippen LogP contribution < -0.4 is 0 Å². The molecule has 0 aliphatic rings. The van der Waals surface area contributed by atoms with Gasteiger partial charge < -0.3 is 10.2 Å². The zero-order valence-electron chi connectivity index (χ0n) is 6.28. The number of aliphatic carboxylic acids is 2. The van der Waals surface area contributed by atoms with E-state index in [0.29, 0.717) is 0 Å². The summed E-state index contributed by atoms with van der Waals surface area (Å²) in [5.41, 5.74) is 0. The molecule has 0 amide bonds. The van der Waals surface area contributed by atoms with E-state index in [0.717, 1.165) is 0 Å². The summed E-state index contributed by atoms with van der Waals surface area (Å²) < 4.78 is 44.6. The van der Waals surface area contributed by atoms with Crippen LogP contribution in [0.25, 0.3) is 0 Å². The van der Waals surface area contributed by atoms with E-state index in [1.807, 2.05) is 0 Å². The first-order valence-electron chi connectivity index (χ1n) is 2.49. The van der Waals surface area contributed by atoms with Crippen molar-refractivity contribution < 1.29 is 54.4 Å². The van der Waals surface area contributed by atoms with Gasteiger partial charge in [-0.25, -0.2) is 9.59 Å². The van der Waals surface area contributed by atoms with Crippen LogP contribution in [0.3, 0.4) is 0 Å². The molecule has 0 aromatic carbocycles. The van der Waals surface area contributed by atoms with Crippen LogP contribution in [0, 0.1) is 0 Å². The molecule has 0 atom stereocenters. The van der Waals surface area contributed by atoms with E-state index in [2.05, 4.69) is 0 Å². The van der Waals surface area contributed by atoms with E-state index in [4.69, 9.17) is 10.2 Å². The summed E-state index contributed by atoms with van der Waals surface area (Å²) in [6.07, 6.45) is 0. The molecule has 0 heterocycles. The van der Waals surface area contributed by atoms with Crippen molar-refractivity contribution >= 4 is 43.8 Å². The van der Waals surface area contributed by atoms with Gasteiger partial charge in [-0.2, -0.15) is 17.6 Å². The van der Waals surface area contributed by atoms with Gasteiger partial charge in [0.1, 0.15) is 0 Å². The van der Waals surface area contributed by atoms with Gasteiger partial charge in [-0.05, 0) is 0 Å². The van der Waals surface area contributed by atoms with Crippen molar-refractivity contribution in [2.24, 2.45) is 0 Å². The molecule has 95 valence electrons.